The highest BCUT2D eigenvalue weighted by atomic mass is 16.5. The zero-order valence-corrected chi connectivity index (χ0v) is 16.2. The smallest absolute Gasteiger partial charge is 0.407 e. The van der Waals surface area contributed by atoms with Crippen LogP contribution in [0.5, 0.6) is 0 Å². The number of aliphatic hydroxyl groups excluding tert-OH is 2. The van der Waals surface area contributed by atoms with Crippen molar-refractivity contribution in [2.75, 3.05) is 13.2 Å². The lowest BCUT2D eigenvalue weighted by Gasteiger charge is -2.19. The van der Waals surface area contributed by atoms with Gasteiger partial charge in [-0.2, -0.15) is 0 Å². The fraction of sp³-hybridized carbons (Fsp3) is 0.261. The van der Waals surface area contributed by atoms with E-state index in [9.17, 15) is 15.0 Å². The van der Waals surface area contributed by atoms with Crippen molar-refractivity contribution in [1.82, 2.24) is 9.88 Å². The summed E-state index contributed by atoms with van der Waals surface area (Å²) in [6.07, 6.45) is -1.07. The second-order valence-electron chi connectivity index (χ2n) is 7.26. The molecule has 0 saturated heterocycles. The van der Waals surface area contributed by atoms with Crippen LogP contribution in [-0.4, -0.2) is 40.1 Å². The van der Waals surface area contributed by atoms with Crippen LogP contribution in [0.3, 0.4) is 0 Å². The number of aromatic nitrogens is 1. The number of rotatable bonds is 6. The molecule has 0 fully saturated rings. The highest BCUT2D eigenvalue weighted by Crippen LogP contribution is 2.44. The van der Waals surface area contributed by atoms with Crippen LogP contribution in [0.25, 0.3) is 11.1 Å². The first kappa shape index (κ1) is 19.2. The van der Waals surface area contributed by atoms with Gasteiger partial charge >= 0.3 is 6.09 Å². The van der Waals surface area contributed by atoms with Crippen LogP contribution in [-0.2, 0) is 11.8 Å². The third-order valence-corrected chi connectivity index (χ3v) is 5.45. The first-order valence-corrected chi connectivity index (χ1v) is 9.62. The molecule has 29 heavy (non-hydrogen) atoms. The van der Waals surface area contributed by atoms with Gasteiger partial charge in [0.15, 0.2) is 0 Å². The SMILES string of the molecule is Cn1cccc1C(O)C(O)CNC(=O)OCC1c2ccccc2-c2ccccc21. The summed E-state index contributed by atoms with van der Waals surface area (Å²) in [5.74, 6) is -0.0213. The van der Waals surface area contributed by atoms with Crippen LogP contribution in [0.15, 0.2) is 66.9 Å². The zero-order valence-electron chi connectivity index (χ0n) is 16.2. The van der Waals surface area contributed by atoms with E-state index in [0.29, 0.717) is 5.69 Å². The lowest BCUT2D eigenvalue weighted by molar-refractivity contribution is 0.0145. The lowest BCUT2D eigenvalue weighted by Crippen LogP contribution is -2.36. The molecule has 1 aliphatic rings. The van der Waals surface area contributed by atoms with Gasteiger partial charge in [0.1, 0.15) is 18.8 Å². The molecular formula is C23H24N2O4. The summed E-state index contributed by atoms with van der Waals surface area (Å²) in [5.41, 5.74) is 5.18. The van der Waals surface area contributed by atoms with Gasteiger partial charge in [-0.3, -0.25) is 0 Å². The number of ether oxygens (including phenoxy) is 1. The topological polar surface area (TPSA) is 83.7 Å². The summed E-state index contributed by atoms with van der Waals surface area (Å²) in [6.45, 7) is 0.0966. The van der Waals surface area contributed by atoms with Crippen molar-refractivity contribution in [1.29, 1.82) is 0 Å². The molecule has 0 aliphatic heterocycles. The van der Waals surface area contributed by atoms with Crippen LogP contribution in [0.4, 0.5) is 4.79 Å². The van der Waals surface area contributed by atoms with E-state index in [4.69, 9.17) is 4.74 Å². The average molecular weight is 392 g/mol. The number of aryl methyl sites for hydroxylation is 1. The van der Waals surface area contributed by atoms with E-state index < -0.39 is 18.3 Å². The van der Waals surface area contributed by atoms with E-state index in [2.05, 4.69) is 29.6 Å². The highest BCUT2D eigenvalue weighted by Gasteiger charge is 2.29. The van der Waals surface area contributed by atoms with Gasteiger partial charge in [0.05, 0.1) is 0 Å². The standard InChI is InChI=1S/C23H24N2O4/c1-25-12-6-11-20(25)22(27)21(26)13-24-23(28)29-14-19-17-9-4-2-7-15(17)16-8-3-5-10-18(16)19/h2-12,19,21-22,26-27H,13-14H2,1H3,(H,24,28). The number of nitrogens with one attached hydrogen (secondary N) is 1. The molecule has 3 aromatic rings. The number of alkyl carbamates (subject to hydrolysis) is 1. The number of carbonyl (C=O) groups is 1. The van der Waals surface area contributed by atoms with Gasteiger partial charge in [-0.05, 0) is 34.4 Å². The number of aliphatic hydroxyl groups is 2. The Kier molecular flexibility index (Phi) is 5.38. The van der Waals surface area contributed by atoms with Crippen LogP contribution < -0.4 is 5.32 Å². The minimum absolute atomic E-state index is 0.0213. The van der Waals surface area contributed by atoms with Crippen LogP contribution in [0, 0.1) is 0 Å². The van der Waals surface area contributed by atoms with Crippen molar-refractivity contribution in [2.24, 2.45) is 7.05 Å². The molecule has 0 bridgehead atoms. The summed E-state index contributed by atoms with van der Waals surface area (Å²) in [7, 11) is 1.78. The molecule has 2 atom stereocenters. The second kappa shape index (κ2) is 8.11. The van der Waals surface area contributed by atoms with Gasteiger partial charge in [0, 0.05) is 31.4 Å². The highest BCUT2D eigenvalue weighted by molar-refractivity contribution is 5.79. The molecular weight excluding hydrogens is 368 g/mol. The fourth-order valence-corrected chi connectivity index (χ4v) is 3.93. The molecule has 1 heterocycles. The maximum atomic E-state index is 12.2. The van der Waals surface area contributed by atoms with Crippen molar-refractivity contribution in [3.63, 3.8) is 0 Å². The van der Waals surface area contributed by atoms with Crippen LogP contribution in [0.1, 0.15) is 28.8 Å². The summed E-state index contributed by atoms with van der Waals surface area (Å²) in [5, 5.41) is 22.9. The Bertz CT molecular complexity index is 968. The number of amides is 1. The molecule has 1 amide bonds. The van der Waals surface area contributed by atoms with E-state index >= 15 is 0 Å². The molecule has 0 radical (unpaired) electrons. The number of nitrogens with zero attached hydrogens (tertiary/aromatic N) is 1. The maximum Gasteiger partial charge on any atom is 0.407 e. The minimum atomic E-state index is -1.14. The Morgan fingerprint density at radius 2 is 1.66 bits per heavy atom. The summed E-state index contributed by atoms with van der Waals surface area (Å²) in [6, 6.07) is 19.8. The molecule has 1 aliphatic carbocycles. The van der Waals surface area contributed by atoms with Crippen molar-refractivity contribution in [3.8, 4) is 11.1 Å². The molecule has 150 valence electrons. The van der Waals surface area contributed by atoms with Gasteiger partial charge in [-0.25, -0.2) is 4.79 Å². The quantitative estimate of drug-likeness (QED) is 0.602. The molecule has 4 rings (SSSR count). The van der Waals surface area contributed by atoms with Gasteiger partial charge in [-0.15, -0.1) is 0 Å². The maximum absolute atomic E-state index is 12.2. The molecule has 0 spiro atoms. The van der Waals surface area contributed by atoms with Gasteiger partial charge in [0.25, 0.3) is 0 Å². The Morgan fingerprint density at radius 1 is 1.03 bits per heavy atom. The summed E-state index contributed by atoms with van der Waals surface area (Å²) in [4.78, 5) is 12.2. The number of fused-ring (bicyclic) bond motifs is 3. The molecule has 0 saturated carbocycles. The number of benzene rings is 2. The Balaban J connectivity index is 1.35. The molecule has 1 aromatic heterocycles. The second-order valence-corrected chi connectivity index (χ2v) is 7.26. The van der Waals surface area contributed by atoms with Crippen LogP contribution >= 0.6 is 0 Å². The summed E-state index contributed by atoms with van der Waals surface area (Å²) >= 11 is 0. The van der Waals surface area contributed by atoms with Crippen molar-refractivity contribution >= 4 is 6.09 Å². The van der Waals surface area contributed by atoms with Crippen molar-refractivity contribution in [2.45, 2.75) is 18.1 Å². The van der Waals surface area contributed by atoms with E-state index in [1.54, 1.807) is 29.9 Å². The first-order valence-electron chi connectivity index (χ1n) is 9.62. The van der Waals surface area contributed by atoms with E-state index in [1.807, 2.05) is 24.3 Å². The third kappa shape index (κ3) is 3.77. The Hall–Kier alpha value is -3.09. The van der Waals surface area contributed by atoms with E-state index in [0.717, 1.165) is 11.1 Å². The largest absolute Gasteiger partial charge is 0.449 e. The van der Waals surface area contributed by atoms with Crippen LogP contribution in [0.2, 0.25) is 0 Å². The molecule has 2 aromatic carbocycles. The van der Waals surface area contributed by atoms with Crippen molar-refractivity contribution in [3.05, 3.63) is 83.7 Å². The average Bonchev–Trinajstić information content (AvgIpc) is 3.31. The third-order valence-electron chi connectivity index (χ3n) is 5.45. The normalized spacial score (nSPS) is 14.7. The van der Waals surface area contributed by atoms with E-state index in [1.165, 1.54) is 11.1 Å². The van der Waals surface area contributed by atoms with Gasteiger partial charge in [-0.1, -0.05) is 48.5 Å². The number of hydrogen-bond acceptors (Lipinski definition) is 4. The van der Waals surface area contributed by atoms with E-state index in [-0.39, 0.29) is 19.1 Å². The lowest BCUT2D eigenvalue weighted by atomic mass is 9.98. The van der Waals surface area contributed by atoms with Crippen molar-refractivity contribution < 1.29 is 19.7 Å². The molecule has 2 unspecified atom stereocenters. The predicted octanol–water partition coefficient (Wildman–Crippen LogP) is 2.96. The monoisotopic (exact) mass is 392 g/mol. The predicted molar refractivity (Wildman–Crippen MR) is 109 cm³/mol. The molecule has 3 N–H and O–H groups in total. The summed E-state index contributed by atoms with van der Waals surface area (Å²) < 4.78 is 7.16. The first-order chi connectivity index (χ1) is 14.1. The zero-order chi connectivity index (χ0) is 20.4. The Labute approximate surface area is 169 Å². The molecule has 6 heteroatoms. The minimum Gasteiger partial charge on any atom is -0.449 e. The molecule has 6 nitrogen and oxygen atoms in total. The Morgan fingerprint density at radius 3 is 2.24 bits per heavy atom. The van der Waals surface area contributed by atoms with Gasteiger partial charge in [0.2, 0.25) is 0 Å². The number of carbonyl (C=O) groups excluding carboxylic acids is 1. The van der Waals surface area contributed by atoms with Gasteiger partial charge < -0.3 is 24.8 Å². The number of hydrogen-bond donors (Lipinski definition) is 3. The fourth-order valence-electron chi connectivity index (χ4n) is 3.93.